The van der Waals surface area contributed by atoms with Crippen LogP contribution in [0.3, 0.4) is 0 Å². The summed E-state index contributed by atoms with van der Waals surface area (Å²) in [4.78, 5) is 13.7. The first-order chi connectivity index (χ1) is 23.2. The average Bonchev–Trinajstić information content (AvgIpc) is 3.77. The van der Waals surface area contributed by atoms with Crippen LogP contribution in [-0.4, -0.2) is 10.7 Å². The largest absolute Gasteiger partial charge is 0.660 e. The molecule has 1 aromatic carbocycles. The molecule has 0 radical (unpaired) electrons. The maximum Gasteiger partial charge on any atom is 0.200 e. The Morgan fingerprint density at radius 2 is 1.06 bits per heavy atom. The van der Waals surface area contributed by atoms with E-state index in [-0.39, 0.29) is 44.3 Å². The Morgan fingerprint density at radius 3 is 1.51 bits per heavy atom. The molecule has 0 atom stereocenters. The van der Waals surface area contributed by atoms with Gasteiger partial charge in [-0.15, -0.1) is 5.69 Å². The van der Waals surface area contributed by atoms with Crippen LogP contribution in [0.4, 0.5) is 22.0 Å². The van der Waals surface area contributed by atoms with Crippen molar-refractivity contribution >= 4 is 11.3 Å². The molecule has 0 unspecified atom stereocenters. The van der Waals surface area contributed by atoms with E-state index in [9.17, 15) is 13.2 Å². The number of hydrogen-bond donors (Lipinski definition) is 0. The summed E-state index contributed by atoms with van der Waals surface area (Å²) in [5.41, 5.74) is 1.08. The van der Waals surface area contributed by atoms with Crippen molar-refractivity contribution in [1.82, 2.24) is 9.97 Å². The van der Waals surface area contributed by atoms with Gasteiger partial charge in [-0.05, 0) is 148 Å². The zero-order valence-electron chi connectivity index (χ0n) is 27.2. The van der Waals surface area contributed by atoms with E-state index in [1.54, 1.807) is 24.5 Å². The van der Waals surface area contributed by atoms with Crippen LogP contribution in [0.5, 0.6) is 0 Å². The third kappa shape index (κ3) is 5.48. The van der Waals surface area contributed by atoms with E-state index in [4.69, 9.17) is 9.98 Å². The summed E-state index contributed by atoms with van der Waals surface area (Å²) in [5.74, 6) is -5.65. The van der Waals surface area contributed by atoms with Gasteiger partial charge in [0, 0.05) is 40.0 Å². The first-order valence-electron chi connectivity index (χ1n) is 17.7. The van der Waals surface area contributed by atoms with E-state index in [0.29, 0.717) is 35.5 Å². The van der Waals surface area contributed by atoms with Crippen LogP contribution in [0.25, 0.3) is 5.57 Å². The summed E-state index contributed by atoms with van der Waals surface area (Å²) in [6.07, 6.45) is 21.0. The van der Waals surface area contributed by atoms with Gasteiger partial charge in [0.15, 0.2) is 23.3 Å². The Hall–Kier alpha value is -3.06. The van der Waals surface area contributed by atoms with Crippen molar-refractivity contribution in [2.45, 2.75) is 82.5 Å². The minimum Gasteiger partial charge on any atom is -0.660 e. The standard InChI is InChI=1S/C35H34F5N2.C5H5N.Ni/c36-29-28(30(37)32(39)33(40)31(29)38)27(23-1-3-25(41-23)34-11-17-5-18(12-34)7-19(6-17)13-34)24-2-4-26(42-24)35-14-20-8-21(15-35)10-22(9-20)16-35;1-2-4-6-5-3-1;/h1-4,17-22H,5-16H2;1-5H;/q-1;;/b27-23+;;. The first-order valence-corrected chi connectivity index (χ1v) is 17.7. The predicted octanol–water partition coefficient (Wildman–Crippen LogP) is 9.87. The Bertz CT molecular complexity index is 1730. The van der Waals surface area contributed by atoms with Crippen molar-refractivity contribution in [2.75, 3.05) is 0 Å². The maximum absolute atomic E-state index is 15.5. The number of nitrogens with zero attached hydrogens (tertiary/aromatic N) is 3. The van der Waals surface area contributed by atoms with E-state index in [0.717, 1.165) is 49.9 Å². The summed E-state index contributed by atoms with van der Waals surface area (Å²) >= 11 is 0. The minimum absolute atomic E-state index is 0. The summed E-state index contributed by atoms with van der Waals surface area (Å²) < 4.78 is 74.3. The van der Waals surface area contributed by atoms with Gasteiger partial charge in [0.1, 0.15) is 0 Å². The van der Waals surface area contributed by atoms with Gasteiger partial charge in [0.2, 0.25) is 5.82 Å². The molecule has 12 rings (SSSR count). The molecule has 0 spiro atoms. The summed E-state index contributed by atoms with van der Waals surface area (Å²) in [6.45, 7) is 0. The molecule has 260 valence electrons. The Balaban J connectivity index is 0.000000453. The molecule has 3 aromatic rings. The van der Waals surface area contributed by atoms with E-state index in [1.807, 2.05) is 30.3 Å². The quantitative estimate of drug-likeness (QED) is 0.117. The zero-order valence-corrected chi connectivity index (χ0v) is 28.2. The predicted molar refractivity (Wildman–Crippen MR) is 173 cm³/mol. The third-order valence-electron chi connectivity index (χ3n) is 13.0. The Morgan fingerprint density at radius 1 is 0.592 bits per heavy atom. The van der Waals surface area contributed by atoms with Crippen LogP contribution in [0.1, 0.15) is 94.0 Å². The maximum atomic E-state index is 15.5. The first kappa shape index (κ1) is 33.1. The van der Waals surface area contributed by atoms with Crippen LogP contribution < -0.4 is 4.98 Å². The van der Waals surface area contributed by atoms with Gasteiger partial charge in [-0.25, -0.2) is 22.0 Å². The number of aromatic nitrogens is 2. The average molecular weight is 715 g/mol. The molecule has 8 aliphatic carbocycles. The fourth-order valence-electron chi connectivity index (χ4n) is 12.0. The zero-order chi connectivity index (χ0) is 32.8. The van der Waals surface area contributed by atoms with E-state index >= 15 is 8.78 Å². The van der Waals surface area contributed by atoms with Crippen molar-refractivity contribution in [2.24, 2.45) is 45.9 Å². The minimum atomic E-state index is -2.15. The Labute approximate surface area is 293 Å². The number of benzene rings is 1. The summed E-state index contributed by atoms with van der Waals surface area (Å²) in [5, 5.41) is 0. The number of hydrogen-bond acceptors (Lipinski definition) is 2. The number of pyridine rings is 1. The SMILES string of the molecule is Fc1c(F)c(F)c(/C(=C2\C=CC(C34CC5CC(CC(C5)C3)C4)=N2)c2ccc(C34CC5CC(CC(C5)C3)C4)[n-]2)c(F)c1F.[Ni].c1ccncc1. The van der Waals surface area contributed by atoms with Crippen LogP contribution in [0, 0.1) is 70.0 Å². The molecule has 3 heterocycles. The second-order valence-electron chi connectivity index (χ2n) is 16.2. The van der Waals surface area contributed by atoms with Crippen LogP contribution in [-0.2, 0) is 21.9 Å². The van der Waals surface area contributed by atoms with Crippen molar-refractivity contribution < 1.29 is 38.4 Å². The summed E-state index contributed by atoms with van der Waals surface area (Å²) in [6, 6.07) is 9.35. The van der Waals surface area contributed by atoms with Gasteiger partial charge in [-0.1, -0.05) is 18.2 Å². The molecule has 49 heavy (non-hydrogen) atoms. The van der Waals surface area contributed by atoms with Crippen LogP contribution in [0.15, 0.2) is 65.6 Å². The summed E-state index contributed by atoms with van der Waals surface area (Å²) in [7, 11) is 0. The molecule has 0 saturated heterocycles. The molecular formula is C40H39F5N3Ni-. The molecule has 9 heteroatoms. The molecule has 1 aliphatic heterocycles. The second-order valence-corrected chi connectivity index (χ2v) is 16.2. The van der Waals surface area contributed by atoms with Gasteiger partial charge in [0.25, 0.3) is 0 Å². The number of allylic oxidation sites excluding steroid dienone is 2. The molecule has 2 aromatic heterocycles. The Kier molecular flexibility index (Phi) is 8.32. The fourth-order valence-corrected chi connectivity index (χ4v) is 12.0. The van der Waals surface area contributed by atoms with Crippen LogP contribution in [0.2, 0.25) is 0 Å². The van der Waals surface area contributed by atoms with Crippen molar-refractivity contribution in [3.8, 4) is 0 Å². The van der Waals surface area contributed by atoms with Crippen molar-refractivity contribution in [3.63, 3.8) is 0 Å². The monoisotopic (exact) mass is 714 g/mol. The third-order valence-corrected chi connectivity index (χ3v) is 13.0. The van der Waals surface area contributed by atoms with Crippen molar-refractivity contribution in [3.05, 3.63) is 107 Å². The molecule has 3 nitrogen and oxygen atoms in total. The smallest absolute Gasteiger partial charge is 0.200 e. The van der Waals surface area contributed by atoms with Gasteiger partial charge in [0.05, 0.1) is 11.3 Å². The van der Waals surface area contributed by atoms with Crippen molar-refractivity contribution in [1.29, 1.82) is 0 Å². The normalized spacial score (nSPS) is 35.6. The number of aliphatic imine (C=N–C) groups is 1. The number of rotatable bonds is 4. The molecule has 8 fully saturated rings. The topological polar surface area (TPSA) is 39.4 Å². The molecule has 0 N–H and O–H groups in total. The molecule has 0 amide bonds. The molecule has 8 saturated carbocycles. The van der Waals surface area contributed by atoms with E-state index < -0.39 is 34.6 Å². The van der Waals surface area contributed by atoms with Gasteiger partial charge in [-0.3, -0.25) is 9.98 Å². The fraction of sp³-hybridized carbons (Fsp3) is 0.500. The molecular weight excluding hydrogens is 676 g/mol. The molecule has 9 aliphatic rings. The van der Waals surface area contributed by atoms with Crippen LogP contribution >= 0.6 is 0 Å². The van der Waals surface area contributed by atoms with E-state index in [1.165, 1.54) is 38.5 Å². The van der Waals surface area contributed by atoms with Gasteiger partial charge in [-0.2, -0.15) is 5.69 Å². The molecule has 8 bridgehead atoms. The van der Waals surface area contributed by atoms with E-state index in [2.05, 4.69) is 4.98 Å². The van der Waals surface area contributed by atoms with Gasteiger partial charge >= 0.3 is 0 Å². The number of halogens is 5. The van der Waals surface area contributed by atoms with Gasteiger partial charge < -0.3 is 4.98 Å². The second kappa shape index (κ2) is 12.3.